The minimum absolute atomic E-state index is 0.115. The number of nitrogens with zero attached hydrogens (tertiary/aromatic N) is 2. The van der Waals surface area contributed by atoms with E-state index < -0.39 is 5.92 Å². The monoisotopic (exact) mass is 494 g/mol. The quantitative estimate of drug-likeness (QED) is 0.249. The van der Waals surface area contributed by atoms with Gasteiger partial charge in [0.15, 0.2) is 10.9 Å². The lowest BCUT2D eigenvalue weighted by Gasteiger charge is -2.38. The number of ketones is 1. The molecule has 2 aromatic rings. The van der Waals surface area contributed by atoms with E-state index in [2.05, 4.69) is 74.1 Å². The summed E-state index contributed by atoms with van der Waals surface area (Å²) in [4.78, 5) is 37.0. The first-order chi connectivity index (χ1) is 16.8. The highest BCUT2D eigenvalue weighted by Gasteiger charge is 2.42. The first-order valence-corrected chi connectivity index (χ1v) is 13.9. The van der Waals surface area contributed by atoms with Gasteiger partial charge >= 0.3 is 0 Å². The van der Waals surface area contributed by atoms with Gasteiger partial charge < -0.3 is 15.2 Å². The third-order valence-corrected chi connectivity index (χ3v) is 8.00. The van der Waals surface area contributed by atoms with Gasteiger partial charge in [-0.3, -0.25) is 9.59 Å². The van der Waals surface area contributed by atoms with E-state index in [0.717, 1.165) is 60.6 Å². The van der Waals surface area contributed by atoms with E-state index in [-0.39, 0.29) is 16.8 Å². The molecule has 1 aliphatic heterocycles. The van der Waals surface area contributed by atoms with Gasteiger partial charge in [-0.1, -0.05) is 57.5 Å². The highest BCUT2D eigenvalue weighted by Crippen LogP contribution is 2.47. The molecule has 2 N–H and O–H groups in total. The first-order valence-electron chi connectivity index (χ1n) is 12.9. The highest BCUT2D eigenvalue weighted by molar-refractivity contribution is 7.99. The van der Waals surface area contributed by atoms with Gasteiger partial charge in [0.25, 0.3) is 5.56 Å². The molecule has 0 bridgehead atoms. The number of H-pyrrole nitrogens is 1. The van der Waals surface area contributed by atoms with Crippen LogP contribution in [-0.2, 0) is 4.79 Å². The number of aromatic amines is 1. The van der Waals surface area contributed by atoms with Crippen LogP contribution in [-0.4, -0.2) is 34.6 Å². The second-order valence-electron chi connectivity index (χ2n) is 10.3. The number of nitrogens with one attached hydrogen (secondary N) is 2. The average molecular weight is 495 g/mol. The number of carbonyl (C=O) groups excluding carboxylic acids is 1. The minimum Gasteiger partial charge on any atom is -0.372 e. The van der Waals surface area contributed by atoms with Crippen molar-refractivity contribution >= 4 is 29.1 Å². The van der Waals surface area contributed by atoms with Crippen LogP contribution >= 0.6 is 11.8 Å². The van der Waals surface area contributed by atoms with E-state index >= 15 is 0 Å². The zero-order valence-corrected chi connectivity index (χ0v) is 22.5. The van der Waals surface area contributed by atoms with Crippen LogP contribution in [0, 0.1) is 5.41 Å². The Kier molecular flexibility index (Phi) is 7.74. The summed E-state index contributed by atoms with van der Waals surface area (Å²) in [5.41, 5.74) is 3.99. The molecule has 1 aliphatic carbocycles. The summed E-state index contributed by atoms with van der Waals surface area (Å²) in [6.45, 7) is 12.6. The van der Waals surface area contributed by atoms with Crippen LogP contribution in [0.1, 0.15) is 83.8 Å². The minimum atomic E-state index is -0.411. The number of benzene rings is 1. The third-order valence-electron chi connectivity index (χ3n) is 7.04. The second-order valence-corrected chi connectivity index (χ2v) is 11.4. The molecule has 2 heterocycles. The number of Topliss-reactive ketones (excluding diaryl/α,β-unsaturated/α-hetero) is 1. The number of hydrogen-bond acceptors (Lipinski definition) is 6. The van der Waals surface area contributed by atoms with Crippen molar-refractivity contribution in [1.82, 2.24) is 9.97 Å². The summed E-state index contributed by atoms with van der Waals surface area (Å²) in [5.74, 6) is 1.22. The third kappa shape index (κ3) is 5.35. The van der Waals surface area contributed by atoms with Crippen molar-refractivity contribution in [1.29, 1.82) is 0 Å². The van der Waals surface area contributed by atoms with Crippen LogP contribution in [0.5, 0.6) is 0 Å². The summed E-state index contributed by atoms with van der Waals surface area (Å²) in [7, 11) is 0. The number of carbonyl (C=O) groups is 1. The van der Waals surface area contributed by atoms with Crippen LogP contribution in [0.25, 0.3) is 0 Å². The number of anilines is 2. The van der Waals surface area contributed by atoms with Crippen LogP contribution in [0.3, 0.4) is 0 Å². The van der Waals surface area contributed by atoms with E-state index in [9.17, 15) is 9.59 Å². The predicted molar refractivity (Wildman–Crippen MR) is 146 cm³/mol. The number of fused-ring (bicyclic) bond motifs is 1. The van der Waals surface area contributed by atoms with Crippen LogP contribution in [0.15, 0.2) is 45.5 Å². The van der Waals surface area contributed by atoms with Crippen molar-refractivity contribution in [2.75, 3.05) is 29.1 Å². The lowest BCUT2D eigenvalue weighted by Crippen LogP contribution is -2.37. The molecule has 188 valence electrons. The van der Waals surface area contributed by atoms with Gasteiger partial charge in [-0.2, -0.15) is 0 Å². The Bertz CT molecular complexity index is 1160. The molecular formula is C28H38N4O2S. The summed E-state index contributed by atoms with van der Waals surface area (Å²) in [6.07, 6.45) is 4.66. The van der Waals surface area contributed by atoms with E-state index in [1.54, 1.807) is 11.8 Å². The number of rotatable bonds is 9. The fourth-order valence-corrected chi connectivity index (χ4v) is 6.14. The standard InChI is InChI=1S/C28H38N4O2S/c1-6-9-10-15-35-27-30-25-24(26(34)31-27)22(18-11-13-19(14-12-18)32(7-2)8-3)23-20(29-25)16-28(4,5)17-21(23)33/h11-14,22H,6-10,15-17H2,1-5H3,(H2,29,30,31,34). The van der Waals surface area contributed by atoms with Gasteiger partial charge in [-0.15, -0.1) is 0 Å². The van der Waals surface area contributed by atoms with E-state index in [4.69, 9.17) is 4.98 Å². The molecule has 7 heteroatoms. The molecule has 0 amide bonds. The van der Waals surface area contributed by atoms with Crippen molar-refractivity contribution in [3.05, 3.63) is 57.0 Å². The Balaban J connectivity index is 1.78. The predicted octanol–water partition coefficient (Wildman–Crippen LogP) is 6.10. The van der Waals surface area contributed by atoms with Crippen molar-refractivity contribution in [3.8, 4) is 0 Å². The second kappa shape index (κ2) is 10.6. The van der Waals surface area contributed by atoms with E-state index in [0.29, 0.717) is 23.0 Å². The summed E-state index contributed by atoms with van der Waals surface area (Å²) in [6, 6.07) is 8.33. The smallest absolute Gasteiger partial charge is 0.257 e. The molecule has 0 spiro atoms. The molecule has 0 radical (unpaired) electrons. The van der Waals surface area contributed by atoms with Gasteiger partial charge in [-0.05, 0) is 49.8 Å². The average Bonchev–Trinajstić information content (AvgIpc) is 2.81. The Morgan fingerprint density at radius 1 is 1.06 bits per heavy atom. The summed E-state index contributed by atoms with van der Waals surface area (Å²) < 4.78 is 0. The molecule has 4 rings (SSSR count). The Morgan fingerprint density at radius 3 is 2.43 bits per heavy atom. The summed E-state index contributed by atoms with van der Waals surface area (Å²) >= 11 is 1.59. The topological polar surface area (TPSA) is 78.1 Å². The normalized spacial score (nSPS) is 18.7. The molecule has 2 aliphatic rings. The lowest BCUT2D eigenvalue weighted by atomic mass is 9.69. The Morgan fingerprint density at radius 2 is 1.77 bits per heavy atom. The molecule has 6 nitrogen and oxygen atoms in total. The Hall–Kier alpha value is -2.54. The molecule has 0 saturated heterocycles. The van der Waals surface area contributed by atoms with E-state index in [1.807, 2.05) is 0 Å². The van der Waals surface area contributed by atoms with Gasteiger partial charge in [0.2, 0.25) is 0 Å². The van der Waals surface area contributed by atoms with Crippen molar-refractivity contribution in [2.24, 2.45) is 5.41 Å². The van der Waals surface area contributed by atoms with Gasteiger partial charge in [0.05, 0.1) is 5.56 Å². The van der Waals surface area contributed by atoms with Crippen LogP contribution in [0.2, 0.25) is 0 Å². The van der Waals surface area contributed by atoms with Crippen molar-refractivity contribution in [2.45, 2.75) is 77.8 Å². The van der Waals surface area contributed by atoms with Gasteiger partial charge in [0, 0.05) is 48.1 Å². The molecule has 1 aromatic heterocycles. The first kappa shape index (κ1) is 25.5. The number of unbranched alkanes of at least 4 members (excludes halogenated alkanes) is 2. The molecule has 1 atom stereocenters. The summed E-state index contributed by atoms with van der Waals surface area (Å²) in [5, 5.41) is 4.06. The molecule has 0 fully saturated rings. The Labute approximate surface area is 213 Å². The molecule has 1 unspecified atom stereocenters. The van der Waals surface area contributed by atoms with Crippen molar-refractivity contribution in [3.63, 3.8) is 0 Å². The van der Waals surface area contributed by atoms with Crippen LogP contribution in [0.4, 0.5) is 11.5 Å². The molecule has 0 saturated carbocycles. The number of thioether (sulfide) groups is 1. The number of hydrogen-bond donors (Lipinski definition) is 2. The fourth-order valence-electron chi connectivity index (χ4n) is 5.28. The zero-order chi connectivity index (χ0) is 25.2. The van der Waals surface area contributed by atoms with Crippen molar-refractivity contribution < 1.29 is 4.79 Å². The molecule has 1 aromatic carbocycles. The maximum absolute atomic E-state index is 13.4. The number of aromatic nitrogens is 2. The lowest BCUT2D eigenvalue weighted by molar-refractivity contribution is -0.118. The largest absolute Gasteiger partial charge is 0.372 e. The maximum Gasteiger partial charge on any atom is 0.257 e. The SMILES string of the molecule is CCCCCSc1nc2c(c(=O)[nH]1)C(c1ccc(N(CC)CC)cc1)C1=C(CC(C)(C)CC1=O)N2. The number of allylic oxidation sites excluding steroid dienone is 2. The van der Waals surface area contributed by atoms with E-state index in [1.165, 1.54) is 6.42 Å². The molecular weight excluding hydrogens is 456 g/mol. The fraction of sp³-hybridized carbons (Fsp3) is 0.536. The van der Waals surface area contributed by atoms with Gasteiger partial charge in [-0.25, -0.2) is 4.98 Å². The van der Waals surface area contributed by atoms with Gasteiger partial charge in [0.1, 0.15) is 5.82 Å². The highest BCUT2D eigenvalue weighted by atomic mass is 32.2. The zero-order valence-electron chi connectivity index (χ0n) is 21.7. The van der Waals surface area contributed by atoms with Crippen LogP contribution < -0.4 is 15.8 Å². The molecule has 35 heavy (non-hydrogen) atoms. The maximum atomic E-state index is 13.4.